The molecular formula is C12H26N2O. The second-order valence-electron chi connectivity index (χ2n) is 4.74. The summed E-state index contributed by atoms with van der Waals surface area (Å²) < 4.78 is 5.60. The zero-order chi connectivity index (χ0) is 11.1. The molecule has 0 aromatic heterocycles. The second-order valence-corrected chi connectivity index (χ2v) is 4.74. The van der Waals surface area contributed by atoms with E-state index in [4.69, 9.17) is 4.74 Å². The average molecular weight is 214 g/mol. The summed E-state index contributed by atoms with van der Waals surface area (Å²) in [6, 6.07) is 0. The van der Waals surface area contributed by atoms with Crippen LogP contribution in [0.1, 0.15) is 20.8 Å². The highest BCUT2D eigenvalue weighted by atomic mass is 16.5. The molecule has 0 spiro atoms. The van der Waals surface area contributed by atoms with Crippen molar-refractivity contribution in [2.24, 2.45) is 5.92 Å². The van der Waals surface area contributed by atoms with Gasteiger partial charge in [0.1, 0.15) is 0 Å². The van der Waals surface area contributed by atoms with E-state index in [9.17, 15) is 0 Å². The van der Waals surface area contributed by atoms with Crippen molar-refractivity contribution >= 4 is 0 Å². The Morgan fingerprint density at radius 1 is 1.07 bits per heavy atom. The van der Waals surface area contributed by atoms with Crippen molar-refractivity contribution in [3.05, 3.63) is 0 Å². The van der Waals surface area contributed by atoms with Crippen molar-refractivity contribution in [3.8, 4) is 0 Å². The summed E-state index contributed by atoms with van der Waals surface area (Å²) in [5, 5.41) is 0. The Labute approximate surface area is 94.4 Å². The first-order valence-corrected chi connectivity index (χ1v) is 6.24. The third-order valence-electron chi connectivity index (χ3n) is 2.92. The Hall–Kier alpha value is -0.120. The van der Waals surface area contributed by atoms with Gasteiger partial charge in [-0.25, -0.2) is 0 Å². The zero-order valence-electron chi connectivity index (χ0n) is 10.5. The lowest BCUT2D eigenvalue weighted by Crippen LogP contribution is -2.47. The Balaban J connectivity index is 1.99. The number of likely N-dealkylation sites (N-methyl/N-ethyl adjacent to an activating group) is 1. The van der Waals surface area contributed by atoms with E-state index in [-0.39, 0.29) is 0 Å². The summed E-state index contributed by atoms with van der Waals surface area (Å²) in [6.45, 7) is 15.6. The van der Waals surface area contributed by atoms with Crippen molar-refractivity contribution in [1.82, 2.24) is 9.80 Å². The van der Waals surface area contributed by atoms with Crippen LogP contribution in [0.2, 0.25) is 0 Å². The predicted octanol–water partition coefficient (Wildman–Crippen LogP) is 1.30. The van der Waals surface area contributed by atoms with Gasteiger partial charge in [0, 0.05) is 39.3 Å². The number of nitrogens with zero attached hydrogens (tertiary/aromatic N) is 2. The van der Waals surface area contributed by atoms with Crippen molar-refractivity contribution in [1.29, 1.82) is 0 Å². The van der Waals surface area contributed by atoms with E-state index < -0.39 is 0 Å². The normalized spacial score (nSPS) is 20.0. The highest BCUT2D eigenvalue weighted by Gasteiger charge is 2.14. The lowest BCUT2D eigenvalue weighted by atomic mass is 10.2. The highest BCUT2D eigenvalue weighted by Crippen LogP contribution is 2.01. The van der Waals surface area contributed by atoms with Gasteiger partial charge in [0.25, 0.3) is 0 Å². The van der Waals surface area contributed by atoms with Crippen LogP contribution < -0.4 is 0 Å². The van der Waals surface area contributed by atoms with E-state index in [2.05, 4.69) is 30.6 Å². The quantitative estimate of drug-likeness (QED) is 0.620. The first-order valence-electron chi connectivity index (χ1n) is 6.24. The topological polar surface area (TPSA) is 15.7 Å². The Morgan fingerprint density at radius 3 is 2.20 bits per heavy atom. The van der Waals surface area contributed by atoms with Gasteiger partial charge in [-0.05, 0) is 12.5 Å². The summed E-state index contributed by atoms with van der Waals surface area (Å²) in [5.74, 6) is 0.655. The lowest BCUT2D eigenvalue weighted by molar-refractivity contribution is 0.0656. The molecule has 1 aliphatic rings. The maximum Gasteiger partial charge on any atom is 0.0593 e. The maximum atomic E-state index is 5.60. The predicted molar refractivity (Wildman–Crippen MR) is 64.2 cm³/mol. The molecule has 1 heterocycles. The monoisotopic (exact) mass is 214 g/mol. The fourth-order valence-electron chi connectivity index (χ4n) is 1.84. The molecule has 1 rings (SSSR count). The molecule has 0 saturated carbocycles. The molecule has 0 atom stereocenters. The number of ether oxygens (including phenoxy) is 1. The molecule has 0 amide bonds. The molecule has 0 aromatic carbocycles. The van der Waals surface area contributed by atoms with E-state index in [0.717, 1.165) is 19.8 Å². The molecule has 0 aliphatic carbocycles. The van der Waals surface area contributed by atoms with Gasteiger partial charge >= 0.3 is 0 Å². The van der Waals surface area contributed by atoms with Gasteiger partial charge in [0.2, 0.25) is 0 Å². The summed E-state index contributed by atoms with van der Waals surface area (Å²) >= 11 is 0. The van der Waals surface area contributed by atoms with Crippen LogP contribution in [0, 0.1) is 5.92 Å². The Morgan fingerprint density at radius 2 is 1.67 bits per heavy atom. The highest BCUT2D eigenvalue weighted by molar-refractivity contribution is 4.70. The Bertz CT molecular complexity index is 154. The van der Waals surface area contributed by atoms with Crippen molar-refractivity contribution in [3.63, 3.8) is 0 Å². The van der Waals surface area contributed by atoms with Gasteiger partial charge in [0.05, 0.1) is 6.61 Å². The maximum absolute atomic E-state index is 5.60. The number of rotatable bonds is 6. The number of hydrogen-bond acceptors (Lipinski definition) is 3. The van der Waals surface area contributed by atoms with Crippen LogP contribution in [-0.2, 0) is 4.74 Å². The van der Waals surface area contributed by atoms with Crippen molar-refractivity contribution < 1.29 is 4.74 Å². The minimum atomic E-state index is 0.655. The molecule has 1 saturated heterocycles. The van der Waals surface area contributed by atoms with Crippen LogP contribution in [-0.4, -0.2) is 62.3 Å². The summed E-state index contributed by atoms with van der Waals surface area (Å²) in [6.07, 6.45) is 0. The summed E-state index contributed by atoms with van der Waals surface area (Å²) in [4.78, 5) is 5.01. The zero-order valence-corrected chi connectivity index (χ0v) is 10.5. The average Bonchev–Trinajstić information content (AvgIpc) is 2.25. The standard InChI is InChI=1S/C12H26N2O/c1-4-13-5-7-14(8-6-13)9-10-15-11-12(2)3/h12H,4-11H2,1-3H3. The van der Waals surface area contributed by atoms with Gasteiger partial charge in [0.15, 0.2) is 0 Å². The molecule has 0 N–H and O–H groups in total. The van der Waals surface area contributed by atoms with Crippen molar-refractivity contribution in [2.45, 2.75) is 20.8 Å². The van der Waals surface area contributed by atoms with E-state index in [1.54, 1.807) is 0 Å². The fraction of sp³-hybridized carbons (Fsp3) is 1.00. The van der Waals surface area contributed by atoms with Crippen LogP contribution in [0.25, 0.3) is 0 Å². The fourth-order valence-corrected chi connectivity index (χ4v) is 1.84. The molecule has 3 heteroatoms. The van der Waals surface area contributed by atoms with Gasteiger partial charge in [-0.2, -0.15) is 0 Å². The van der Waals surface area contributed by atoms with E-state index in [1.807, 2.05) is 0 Å². The first-order chi connectivity index (χ1) is 7.22. The van der Waals surface area contributed by atoms with Crippen LogP contribution in [0.15, 0.2) is 0 Å². The molecular weight excluding hydrogens is 188 g/mol. The molecule has 15 heavy (non-hydrogen) atoms. The third kappa shape index (κ3) is 5.50. The van der Waals surface area contributed by atoms with Gasteiger partial charge in [-0.3, -0.25) is 4.90 Å². The van der Waals surface area contributed by atoms with Gasteiger partial charge in [-0.1, -0.05) is 20.8 Å². The van der Waals surface area contributed by atoms with Crippen LogP contribution >= 0.6 is 0 Å². The number of hydrogen-bond donors (Lipinski definition) is 0. The Kier molecular flexibility index (Phi) is 6.22. The molecule has 90 valence electrons. The second kappa shape index (κ2) is 7.20. The molecule has 1 fully saturated rings. The van der Waals surface area contributed by atoms with E-state index >= 15 is 0 Å². The summed E-state index contributed by atoms with van der Waals surface area (Å²) in [7, 11) is 0. The van der Waals surface area contributed by atoms with Crippen LogP contribution in [0.3, 0.4) is 0 Å². The first kappa shape index (κ1) is 12.9. The van der Waals surface area contributed by atoms with Crippen molar-refractivity contribution in [2.75, 3.05) is 52.5 Å². The third-order valence-corrected chi connectivity index (χ3v) is 2.92. The summed E-state index contributed by atoms with van der Waals surface area (Å²) in [5.41, 5.74) is 0. The lowest BCUT2D eigenvalue weighted by Gasteiger charge is -2.33. The van der Waals surface area contributed by atoms with Gasteiger partial charge < -0.3 is 9.64 Å². The molecule has 0 aromatic rings. The molecule has 1 aliphatic heterocycles. The molecule has 0 radical (unpaired) electrons. The molecule has 3 nitrogen and oxygen atoms in total. The van der Waals surface area contributed by atoms with Crippen LogP contribution in [0.4, 0.5) is 0 Å². The number of piperazine rings is 1. The smallest absolute Gasteiger partial charge is 0.0593 e. The van der Waals surface area contributed by atoms with Crippen LogP contribution in [0.5, 0.6) is 0 Å². The van der Waals surface area contributed by atoms with Gasteiger partial charge in [-0.15, -0.1) is 0 Å². The largest absolute Gasteiger partial charge is 0.380 e. The van der Waals surface area contributed by atoms with E-state index in [1.165, 1.54) is 32.7 Å². The molecule has 0 bridgehead atoms. The minimum absolute atomic E-state index is 0.655. The van der Waals surface area contributed by atoms with E-state index in [0.29, 0.717) is 5.92 Å². The SMILES string of the molecule is CCN1CCN(CCOCC(C)C)CC1. The minimum Gasteiger partial charge on any atom is -0.380 e. The molecule has 0 unspecified atom stereocenters.